The number of aromatic nitrogens is 1. The van der Waals surface area contributed by atoms with Crippen LogP contribution >= 0.6 is 11.3 Å². The van der Waals surface area contributed by atoms with Crippen molar-refractivity contribution in [3.63, 3.8) is 0 Å². The lowest BCUT2D eigenvalue weighted by atomic mass is 10.0. The summed E-state index contributed by atoms with van der Waals surface area (Å²) in [5.41, 5.74) is 1.10. The van der Waals surface area contributed by atoms with Gasteiger partial charge < -0.3 is 4.57 Å². The summed E-state index contributed by atoms with van der Waals surface area (Å²) in [6, 6.07) is 10.8. The molecule has 35 heavy (non-hydrogen) atoms. The highest BCUT2D eigenvalue weighted by Gasteiger charge is 2.28. The fourth-order valence-corrected chi connectivity index (χ4v) is 7.39. The first-order valence-electron chi connectivity index (χ1n) is 11.5. The highest BCUT2D eigenvalue weighted by molar-refractivity contribution is 7.90. The van der Waals surface area contributed by atoms with Crippen molar-refractivity contribution >= 4 is 47.3 Å². The first kappa shape index (κ1) is 25.7. The van der Waals surface area contributed by atoms with E-state index in [4.69, 9.17) is 0 Å². The predicted molar refractivity (Wildman–Crippen MR) is 137 cm³/mol. The lowest BCUT2D eigenvalue weighted by molar-refractivity contribution is 0.0997. The Balaban J connectivity index is 1.65. The van der Waals surface area contributed by atoms with Crippen molar-refractivity contribution in [2.45, 2.75) is 49.4 Å². The Hall–Kier alpha value is -2.34. The molecule has 1 fully saturated rings. The molecular weight excluding hydrogens is 506 g/mol. The minimum absolute atomic E-state index is 0.166. The average molecular weight is 536 g/mol. The van der Waals surface area contributed by atoms with Crippen LogP contribution in [0.2, 0.25) is 0 Å². The van der Waals surface area contributed by atoms with Gasteiger partial charge in [0.15, 0.2) is 14.6 Å². The third-order valence-corrected chi connectivity index (χ3v) is 10.3. The molecule has 0 unspecified atom stereocenters. The second kappa shape index (κ2) is 9.96. The van der Waals surface area contributed by atoms with Gasteiger partial charge in [-0.05, 0) is 67.6 Å². The van der Waals surface area contributed by atoms with Crippen molar-refractivity contribution in [3.05, 3.63) is 52.8 Å². The maximum absolute atomic E-state index is 13.0. The van der Waals surface area contributed by atoms with E-state index in [9.17, 15) is 21.6 Å². The van der Waals surface area contributed by atoms with Gasteiger partial charge in [-0.2, -0.15) is 9.30 Å². The molecular formula is C24H29N3O5S3. The van der Waals surface area contributed by atoms with E-state index in [0.29, 0.717) is 30.4 Å². The van der Waals surface area contributed by atoms with Gasteiger partial charge in [0.1, 0.15) is 0 Å². The Morgan fingerprint density at radius 2 is 1.66 bits per heavy atom. The van der Waals surface area contributed by atoms with Gasteiger partial charge in [0.25, 0.3) is 5.91 Å². The number of sulfonamides is 1. The second-order valence-electron chi connectivity index (χ2n) is 8.97. The van der Waals surface area contributed by atoms with Crippen LogP contribution in [0.1, 0.15) is 43.5 Å². The molecule has 2 aromatic carbocycles. The molecule has 0 saturated carbocycles. The first-order valence-corrected chi connectivity index (χ1v) is 15.7. The number of hydrogen-bond donors (Lipinski definition) is 0. The van der Waals surface area contributed by atoms with Crippen LogP contribution in [0.25, 0.3) is 10.2 Å². The number of carbonyl (C=O) groups is 1. The van der Waals surface area contributed by atoms with E-state index in [1.807, 2.05) is 11.5 Å². The zero-order valence-corrected chi connectivity index (χ0v) is 22.4. The van der Waals surface area contributed by atoms with Crippen LogP contribution in [0.15, 0.2) is 57.2 Å². The molecule has 11 heteroatoms. The summed E-state index contributed by atoms with van der Waals surface area (Å²) in [7, 11) is -6.95. The van der Waals surface area contributed by atoms with Crippen LogP contribution in [0.4, 0.5) is 0 Å². The van der Waals surface area contributed by atoms with Crippen molar-refractivity contribution in [3.8, 4) is 0 Å². The summed E-state index contributed by atoms with van der Waals surface area (Å²) < 4.78 is 53.9. The molecule has 0 atom stereocenters. The molecule has 0 N–H and O–H groups in total. The standard InChI is InChI=1S/C24H29N3O5S3/c1-4-13-27-21-10-9-20(34(3,29)30)16-22(21)33-24(27)25-23(28)18-5-7-19(8-6-18)35(31,32)26-14-11-17(2)12-15-26/h5-10,16-17H,4,11-15H2,1-3H3. The van der Waals surface area contributed by atoms with Gasteiger partial charge >= 0.3 is 0 Å². The zero-order valence-electron chi connectivity index (χ0n) is 20.0. The summed E-state index contributed by atoms with van der Waals surface area (Å²) in [4.78, 5) is 18.1. The number of piperidine rings is 1. The number of sulfone groups is 1. The molecule has 0 bridgehead atoms. The van der Waals surface area contributed by atoms with Gasteiger partial charge in [-0.3, -0.25) is 4.79 Å². The quantitative estimate of drug-likeness (QED) is 0.479. The Morgan fingerprint density at radius 3 is 2.26 bits per heavy atom. The molecule has 3 aromatic rings. The Kier molecular flexibility index (Phi) is 7.33. The van der Waals surface area contributed by atoms with E-state index in [1.165, 1.54) is 39.9 Å². The zero-order chi connectivity index (χ0) is 25.4. The summed E-state index contributed by atoms with van der Waals surface area (Å²) in [5.74, 6) is 0.0332. The third-order valence-electron chi connectivity index (χ3n) is 6.21. The van der Waals surface area contributed by atoms with Gasteiger partial charge in [-0.1, -0.05) is 25.2 Å². The van der Waals surface area contributed by atoms with E-state index in [1.54, 1.807) is 18.2 Å². The molecule has 8 nitrogen and oxygen atoms in total. The number of nitrogens with zero attached hydrogens (tertiary/aromatic N) is 3. The Morgan fingerprint density at radius 1 is 1.03 bits per heavy atom. The minimum Gasteiger partial charge on any atom is -0.316 e. The van der Waals surface area contributed by atoms with Crippen LogP contribution in [0.3, 0.4) is 0 Å². The topological polar surface area (TPSA) is 106 Å². The van der Waals surface area contributed by atoms with Crippen LogP contribution < -0.4 is 4.80 Å². The van der Waals surface area contributed by atoms with Crippen LogP contribution in [-0.4, -0.2) is 51.0 Å². The second-order valence-corrected chi connectivity index (χ2v) is 13.9. The predicted octanol–water partition coefficient (Wildman–Crippen LogP) is 3.68. The lowest BCUT2D eigenvalue weighted by Gasteiger charge is -2.29. The molecule has 1 aromatic heterocycles. The number of amides is 1. The summed E-state index contributed by atoms with van der Waals surface area (Å²) in [6.45, 7) is 5.76. The largest absolute Gasteiger partial charge is 0.316 e. The Bertz CT molecular complexity index is 1530. The highest BCUT2D eigenvalue weighted by Crippen LogP contribution is 2.24. The maximum atomic E-state index is 13.0. The molecule has 1 aliphatic rings. The van der Waals surface area contributed by atoms with Gasteiger partial charge in [0, 0.05) is 31.5 Å². The molecule has 0 aliphatic carbocycles. The monoisotopic (exact) mass is 535 g/mol. The van der Waals surface area contributed by atoms with Crippen molar-refractivity contribution in [1.29, 1.82) is 0 Å². The first-order chi connectivity index (χ1) is 16.5. The molecule has 188 valence electrons. The van der Waals surface area contributed by atoms with E-state index in [0.717, 1.165) is 35.7 Å². The number of benzene rings is 2. The summed E-state index contributed by atoms with van der Waals surface area (Å²) >= 11 is 1.25. The maximum Gasteiger partial charge on any atom is 0.279 e. The number of rotatable bonds is 6. The summed E-state index contributed by atoms with van der Waals surface area (Å²) in [5, 5.41) is 0. The molecule has 0 radical (unpaired) electrons. The average Bonchev–Trinajstić information content (AvgIpc) is 3.15. The van der Waals surface area contributed by atoms with Gasteiger partial charge in [-0.15, -0.1) is 0 Å². The number of fused-ring (bicyclic) bond motifs is 1. The molecule has 1 amide bonds. The van der Waals surface area contributed by atoms with Gasteiger partial charge in [0.05, 0.1) is 20.0 Å². The van der Waals surface area contributed by atoms with E-state index in [2.05, 4.69) is 11.9 Å². The molecule has 1 aliphatic heterocycles. The lowest BCUT2D eigenvalue weighted by Crippen LogP contribution is -2.37. The molecule has 4 rings (SSSR count). The molecule has 0 spiro atoms. The van der Waals surface area contributed by atoms with Crippen molar-refractivity contribution in [2.75, 3.05) is 19.3 Å². The molecule has 1 saturated heterocycles. The van der Waals surface area contributed by atoms with Gasteiger partial charge in [-0.25, -0.2) is 16.8 Å². The fourth-order valence-electron chi connectivity index (χ4n) is 4.10. The third kappa shape index (κ3) is 5.42. The normalized spacial score (nSPS) is 16.7. The number of carbonyl (C=O) groups excluding carboxylic acids is 1. The Labute approximate surface area is 209 Å². The minimum atomic E-state index is -3.59. The van der Waals surface area contributed by atoms with Gasteiger partial charge in [0.2, 0.25) is 10.0 Å². The van der Waals surface area contributed by atoms with Crippen molar-refractivity contribution in [1.82, 2.24) is 8.87 Å². The van der Waals surface area contributed by atoms with Crippen LogP contribution in [-0.2, 0) is 26.4 Å². The van der Waals surface area contributed by atoms with Crippen molar-refractivity contribution in [2.24, 2.45) is 10.9 Å². The summed E-state index contributed by atoms with van der Waals surface area (Å²) in [6.07, 6.45) is 3.65. The van der Waals surface area contributed by atoms with Crippen molar-refractivity contribution < 1.29 is 21.6 Å². The van der Waals surface area contributed by atoms with Crippen LogP contribution in [0, 0.1) is 5.92 Å². The number of hydrogen-bond acceptors (Lipinski definition) is 6. The van der Waals surface area contributed by atoms with E-state index in [-0.39, 0.29) is 15.4 Å². The van der Waals surface area contributed by atoms with E-state index >= 15 is 0 Å². The smallest absolute Gasteiger partial charge is 0.279 e. The van der Waals surface area contributed by atoms with Crippen LogP contribution in [0.5, 0.6) is 0 Å². The fraction of sp³-hybridized carbons (Fsp3) is 0.417. The number of thiazole rings is 1. The molecule has 2 heterocycles. The highest BCUT2D eigenvalue weighted by atomic mass is 32.2. The number of aryl methyl sites for hydroxylation is 1. The SMILES string of the molecule is CCCn1c(=NC(=O)c2ccc(S(=O)(=O)N3CCC(C)CC3)cc2)sc2cc(S(C)(=O)=O)ccc21. The van der Waals surface area contributed by atoms with E-state index < -0.39 is 25.8 Å².